The van der Waals surface area contributed by atoms with Crippen LogP contribution in [0.15, 0.2) is 17.3 Å². The lowest BCUT2D eigenvalue weighted by atomic mass is 10.2. The average molecular weight is 231 g/mol. The van der Waals surface area contributed by atoms with Gasteiger partial charge in [0, 0.05) is 12.8 Å². The van der Waals surface area contributed by atoms with E-state index in [2.05, 4.69) is 5.10 Å². The zero-order valence-corrected chi connectivity index (χ0v) is 8.98. The molecule has 1 saturated heterocycles. The summed E-state index contributed by atoms with van der Waals surface area (Å²) in [6.45, 7) is 1.35. The molecule has 1 fully saturated rings. The normalized spacial score (nSPS) is 22.1. The van der Waals surface area contributed by atoms with E-state index in [1.165, 1.54) is 12.4 Å². The molecule has 0 saturated carbocycles. The lowest BCUT2D eigenvalue weighted by Crippen LogP contribution is -2.15. The van der Waals surface area contributed by atoms with Crippen LogP contribution in [0.5, 0.6) is 0 Å². The van der Waals surface area contributed by atoms with Crippen molar-refractivity contribution in [2.45, 2.75) is 30.4 Å². The third-order valence-corrected chi connectivity index (χ3v) is 3.22. The van der Waals surface area contributed by atoms with Gasteiger partial charge in [0.15, 0.2) is 0 Å². The van der Waals surface area contributed by atoms with Crippen molar-refractivity contribution in [2.24, 2.45) is 5.14 Å². The van der Waals surface area contributed by atoms with Gasteiger partial charge in [-0.05, 0) is 12.8 Å². The lowest BCUT2D eigenvalue weighted by molar-refractivity contribution is 0.0939. The first-order valence-corrected chi connectivity index (χ1v) is 6.27. The Hall–Kier alpha value is -0.920. The fraction of sp³-hybridized carbons (Fsp3) is 0.625. The number of ether oxygens (including phenoxy) is 1. The fourth-order valence-electron chi connectivity index (χ4n) is 1.59. The molecule has 6 nitrogen and oxygen atoms in total. The predicted octanol–water partition coefficient (Wildman–Crippen LogP) is -0.290. The van der Waals surface area contributed by atoms with Crippen molar-refractivity contribution in [3.63, 3.8) is 0 Å². The molecule has 15 heavy (non-hydrogen) atoms. The minimum Gasteiger partial charge on any atom is -0.376 e. The van der Waals surface area contributed by atoms with E-state index in [9.17, 15) is 8.42 Å². The third-order valence-electron chi connectivity index (χ3n) is 2.35. The van der Waals surface area contributed by atoms with Crippen molar-refractivity contribution < 1.29 is 13.2 Å². The zero-order valence-electron chi connectivity index (χ0n) is 8.17. The number of aromatic nitrogens is 2. The van der Waals surface area contributed by atoms with E-state index >= 15 is 0 Å². The summed E-state index contributed by atoms with van der Waals surface area (Å²) in [5.41, 5.74) is 0. The molecule has 7 heteroatoms. The van der Waals surface area contributed by atoms with E-state index in [0.29, 0.717) is 6.54 Å². The van der Waals surface area contributed by atoms with Crippen molar-refractivity contribution >= 4 is 10.0 Å². The predicted molar refractivity (Wildman–Crippen MR) is 52.6 cm³/mol. The Morgan fingerprint density at radius 2 is 2.47 bits per heavy atom. The van der Waals surface area contributed by atoms with Crippen molar-refractivity contribution in [1.82, 2.24) is 9.78 Å². The molecule has 0 amide bonds. The van der Waals surface area contributed by atoms with Crippen LogP contribution in [0.25, 0.3) is 0 Å². The highest BCUT2D eigenvalue weighted by Gasteiger charge is 2.17. The highest BCUT2D eigenvalue weighted by molar-refractivity contribution is 7.89. The van der Waals surface area contributed by atoms with Gasteiger partial charge in [0.2, 0.25) is 10.0 Å². The first kappa shape index (κ1) is 10.6. The summed E-state index contributed by atoms with van der Waals surface area (Å²) < 4.78 is 28.9. The molecule has 0 bridgehead atoms. The maximum Gasteiger partial charge on any atom is 0.241 e. The van der Waals surface area contributed by atoms with Crippen LogP contribution < -0.4 is 5.14 Å². The molecule has 1 aromatic rings. The van der Waals surface area contributed by atoms with E-state index < -0.39 is 10.0 Å². The summed E-state index contributed by atoms with van der Waals surface area (Å²) in [6, 6.07) is 0. The molecule has 1 aliphatic rings. The third kappa shape index (κ3) is 2.55. The van der Waals surface area contributed by atoms with E-state index in [1.807, 2.05) is 0 Å². The zero-order chi connectivity index (χ0) is 10.9. The molecule has 1 aliphatic heterocycles. The van der Waals surface area contributed by atoms with Gasteiger partial charge in [0.05, 0.1) is 18.8 Å². The van der Waals surface area contributed by atoms with Crippen LogP contribution in [0.2, 0.25) is 0 Å². The minimum atomic E-state index is -3.64. The Morgan fingerprint density at radius 1 is 1.67 bits per heavy atom. The monoisotopic (exact) mass is 231 g/mol. The summed E-state index contributed by atoms with van der Waals surface area (Å²) in [4.78, 5) is 0.0421. The maximum absolute atomic E-state index is 11.0. The molecule has 2 heterocycles. The highest BCUT2D eigenvalue weighted by atomic mass is 32.2. The van der Waals surface area contributed by atoms with Crippen LogP contribution in [0.1, 0.15) is 12.8 Å². The topological polar surface area (TPSA) is 87.2 Å². The van der Waals surface area contributed by atoms with E-state index in [0.717, 1.165) is 19.4 Å². The van der Waals surface area contributed by atoms with Gasteiger partial charge in [-0.1, -0.05) is 0 Å². The molecular weight excluding hydrogens is 218 g/mol. The second-order valence-corrected chi connectivity index (χ2v) is 5.14. The fourth-order valence-corrected chi connectivity index (χ4v) is 2.05. The molecule has 0 radical (unpaired) electrons. The van der Waals surface area contributed by atoms with E-state index in [-0.39, 0.29) is 11.0 Å². The second kappa shape index (κ2) is 3.92. The largest absolute Gasteiger partial charge is 0.376 e. The van der Waals surface area contributed by atoms with Gasteiger partial charge in [0.1, 0.15) is 4.90 Å². The van der Waals surface area contributed by atoms with E-state index in [4.69, 9.17) is 9.88 Å². The summed E-state index contributed by atoms with van der Waals surface area (Å²) in [5, 5.41) is 8.89. The van der Waals surface area contributed by atoms with E-state index in [1.54, 1.807) is 4.68 Å². The van der Waals surface area contributed by atoms with Gasteiger partial charge >= 0.3 is 0 Å². The Bertz CT molecular complexity index is 434. The molecular formula is C8H13N3O3S. The average Bonchev–Trinajstić information content (AvgIpc) is 2.73. The summed E-state index contributed by atoms with van der Waals surface area (Å²) in [6.07, 6.45) is 4.86. The van der Waals surface area contributed by atoms with Crippen molar-refractivity contribution in [1.29, 1.82) is 0 Å². The van der Waals surface area contributed by atoms with Gasteiger partial charge in [-0.25, -0.2) is 13.6 Å². The van der Waals surface area contributed by atoms with Gasteiger partial charge in [-0.3, -0.25) is 4.68 Å². The quantitative estimate of drug-likeness (QED) is 0.774. The smallest absolute Gasteiger partial charge is 0.241 e. The standard InChI is InChI=1S/C8H13N3O3S/c9-15(12,13)8-4-10-11(6-8)5-7-2-1-3-14-7/h4,6-7H,1-3,5H2,(H2,9,12,13). The first-order chi connectivity index (χ1) is 7.05. The van der Waals surface area contributed by atoms with Gasteiger partial charge in [-0.2, -0.15) is 5.10 Å². The highest BCUT2D eigenvalue weighted by Crippen LogP contribution is 2.14. The SMILES string of the molecule is NS(=O)(=O)c1cnn(CC2CCCO2)c1. The number of primary sulfonamides is 1. The Balaban J connectivity index is 2.07. The molecule has 2 N–H and O–H groups in total. The number of rotatable bonds is 3. The molecule has 2 rings (SSSR count). The van der Waals surface area contributed by atoms with Gasteiger partial charge in [-0.15, -0.1) is 0 Å². The van der Waals surface area contributed by atoms with Crippen LogP contribution >= 0.6 is 0 Å². The molecule has 0 spiro atoms. The number of sulfonamides is 1. The molecule has 1 unspecified atom stereocenters. The van der Waals surface area contributed by atoms with Crippen molar-refractivity contribution in [3.8, 4) is 0 Å². The number of nitrogens with zero attached hydrogens (tertiary/aromatic N) is 2. The van der Waals surface area contributed by atoms with Crippen molar-refractivity contribution in [3.05, 3.63) is 12.4 Å². The minimum absolute atomic E-state index is 0.0421. The van der Waals surface area contributed by atoms with Gasteiger partial charge < -0.3 is 4.74 Å². The maximum atomic E-state index is 11.0. The first-order valence-electron chi connectivity index (χ1n) is 4.72. The van der Waals surface area contributed by atoms with Crippen molar-refractivity contribution in [2.75, 3.05) is 6.61 Å². The molecule has 1 aromatic heterocycles. The Kier molecular flexibility index (Phi) is 2.76. The van der Waals surface area contributed by atoms with Crippen LogP contribution in [0.3, 0.4) is 0 Å². The number of hydrogen-bond donors (Lipinski definition) is 1. The van der Waals surface area contributed by atoms with Gasteiger partial charge in [0.25, 0.3) is 0 Å². The lowest BCUT2D eigenvalue weighted by Gasteiger charge is -2.08. The van der Waals surface area contributed by atoms with Crippen LogP contribution in [0, 0.1) is 0 Å². The Labute approximate surface area is 88.1 Å². The van der Waals surface area contributed by atoms with Crippen LogP contribution in [-0.2, 0) is 21.3 Å². The summed E-state index contributed by atoms with van der Waals surface area (Å²) in [5.74, 6) is 0. The molecule has 0 aromatic carbocycles. The second-order valence-electron chi connectivity index (χ2n) is 3.58. The Morgan fingerprint density at radius 3 is 3.00 bits per heavy atom. The number of hydrogen-bond acceptors (Lipinski definition) is 4. The van der Waals surface area contributed by atoms with Crippen LogP contribution in [0.4, 0.5) is 0 Å². The molecule has 1 atom stereocenters. The number of nitrogens with two attached hydrogens (primary N) is 1. The molecule has 84 valence electrons. The summed E-state index contributed by atoms with van der Waals surface area (Å²) in [7, 11) is -3.64. The van der Waals surface area contributed by atoms with Crippen LogP contribution in [-0.4, -0.2) is 30.9 Å². The summed E-state index contributed by atoms with van der Waals surface area (Å²) >= 11 is 0. The molecule has 0 aliphatic carbocycles.